The van der Waals surface area contributed by atoms with E-state index >= 15 is 0 Å². The molecule has 0 spiro atoms. The van der Waals surface area contributed by atoms with Crippen molar-refractivity contribution in [3.63, 3.8) is 0 Å². The Labute approximate surface area is 185 Å². The Bertz CT molecular complexity index is 1060. The molecule has 2 N–H and O–H groups in total. The minimum atomic E-state index is -3.92. The first-order valence-electron chi connectivity index (χ1n) is 10.0. The standard InChI is InChI=1S/C21H25N3O5S2/c1-13(2)19(24-31(28,29)15-6-4-3-5-7-15)17(25)10-14-11-18-16(23-12-30-18)8-9-22-21(27)20(14)26/h3-7,12-14,19,24H,8-11H2,1-2H3,(H,22,27). The second kappa shape index (κ2) is 9.80. The van der Waals surface area contributed by atoms with Gasteiger partial charge in [0.05, 0.1) is 22.1 Å². The van der Waals surface area contributed by atoms with E-state index in [1.54, 1.807) is 37.6 Å². The van der Waals surface area contributed by atoms with E-state index in [0.717, 1.165) is 10.6 Å². The molecule has 1 aliphatic heterocycles. The van der Waals surface area contributed by atoms with Crippen LogP contribution in [0.2, 0.25) is 0 Å². The van der Waals surface area contributed by atoms with E-state index in [1.165, 1.54) is 23.5 Å². The molecule has 1 amide bonds. The molecule has 3 rings (SSSR count). The molecule has 0 radical (unpaired) electrons. The average Bonchev–Trinajstić information content (AvgIpc) is 3.18. The molecule has 166 valence electrons. The van der Waals surface area contributed by atoms with Crippen LogP contribution in [0.1, 0.15) is 30.8 Å². The zero-order chi connectivity index (χ0) is 22.6. The largest absolute Gasteiger partial charge is 0.349 e. The Morgan fingerprint density at radius 2 is 1.97 bits per heavy atom. The topological polar surface area (TPSA) is 122 Å². The third-order valence-corrected chi connectivity index (χ3v) is 7.55. The minimum absolute atomic E-state index is 0.0562. The summed E-state index contributed by atoms with van der Waals surface area (Å²) in [5.74, 6) is -3.02. The molecule has 2 aromatic rings. The van der Waals surface area contributed by atoms with Crippen molar-refractivity contribution in [2.75, 3.05) is 6.54 Å². The summed E-state index contributed by atoms with van der Waals surface area (Å²) in [7, 11) is -3.92. The zero-order valence-electron chi connectivity index (χ0n) is 17.3. The van der Waals surface area contributed by atoms with Crippen LogP contribution in [-0.2, 0) is 37.2 Å². The summed E-state index contributed by atoms with van der Waals surface area (Å²) in [6.07, 6.45) is 0.516. The summed E-state index contributed by atoms with van der Waals surface area (Å²) in [6.45, 7) is 3.76. The van der Waals surface area contributed by atoms with Gasteiger partial charge in [0.15, 0.2) is 5.78 Å². The molecule has 1 aliphatic rings. The molecule has 0 saturated carbocycles. The van der Waals surface area contributed by atoms with Gasteiger partial charge in [0.2, 0.25) is 15.8 Å². The van der Waals surface area contributed by atoms with Crippen LogP contribution in [0.15, 0.2) is 40.7 Å². The van der Waals surface area contributed by atoms with Gasteiger partial charge in [-0.3, -0.25) is 14.4 Å². The molecular formula is C21H25N3O5S2. The number of benzene rings is 1. The van der Waals surface area contributed by atoms with Crippen LogP contribution in [0.3, 0.4) is 0 Å². The number of amides is 1. The monoisotopic (exact) mass is 463 g/mol. The van der Waals surface area contributed by atoms with Gasteiger partial charge in [0, 0.05) is 30.2 Å². The van der Waals surface area contributed by atoms with Gasteiger partial charge >= 0.3 is 0 Å². The fourth-order valence-corrected chi connectivity index (χ4v) is 5.77. The molecule has 0 fully saturated rings. The first kappa shape index (κ1) is 23.2. The van der Waals surface area contributed by atoms with Crippen molar-refractivity contribution in [1.82, 2.24) is 15.0 Å². The molecule has 10 heteroatoms. The molecule has 1 aromatic carbocycles. The lowest BCUT2D eigenvalue weighted by Gasteiger charge is -2.23. The lowest BCUT2D eigenvalue weighted by Crippen LogP contribution is -2.46. The van der Waals surface area contributed by atoms with E-state index in [9.17, 15) is 22.8 Å². The third kappa shape index (κ3) is 5.63. The number of fused-ring (bicyclic) bond motifs is 1. The number of carbonyl (C=O) groups excluding carboxylic acids is 3. The van der Waals surface area contributed by atoms with Gasteiger partial charge in [0.25, 0.3) is 5.91 Å². The van der Waals surface area contributed by atoms with E-state index in [-0.39, 0.29) is 23.7 Å². The number of nitrogens with one attached hydrogen (secondary N) is 2. The lowest BCUT2D eigenvalue weighted by molar-refractivity contribution is -0.141. The van der Waals surface area contributed by atoms with Crippen LogP contribution in [0.5, 0.6) is 0 Å². The molecule has 0 bridgehead atoms. The number of aromatic nitrogens is 1. The summed E-state index contributed by atoms with van der Waals surface area (Å²) >= 11 is 1.39. The molecule has 2 unspecified atom stereocenters. The van der Waals surface area contributed by atoms with Crippen LogP contribution in [-0.4, -0.2) is 43.5 Å². The maximum atomic E-state index is 13.1. The highest BCUT2D eigenvalue weighted by molar-refractivity contribution is 7.89. The smallest absolute Gasteiger partial charge is 0.287 e. The second-order valence-corrected chi connectivity index (χ2v) is 10.5. The fourth-order valence-electron chi connectivity index (χ4n) is 3.49. The number of Topliss-reactive ketones (excluding diaryl/α,β-unsaturated/α-hetero) is 2. The first-order chi connectivity index (χ1) is 14.7. The van der Waals surface area contributed by atoms with Crippen molar-refractivity contribution in [1.29, 1.82) is 0 Å². The molecule has 1 aromatic heterocycles. The highest BCUT2D eigenvalue weighted by Crippen LogP contribution is 2.24. The van der Waals surface area contributed by atoms with E-state index in [4.69, 9.17) is 0 Å². The summed E-state index contributed by atoms with van der Waals surface area (Å²) in [5, 5.41) is 2.57. The molecule has 31 heavy (non-hydrogen) atoms. The Hall–Kier alpha value is -2.43. The summed E-state index contributed by atoms with van der Waals surface area (Å²) in [6, 6.07) is 6.77. The zero-order valence-corrected chi connectivity index (χ0v) is 19.0. The molecular weight excluding hydrogens is 438 g/mol. The van der Waals surface area contributed by atoms with Gasteiger partial charge in [0.1, 0.15) is 0 Å². The molecule has 2 heterocycles. The summed E-state index contributed by atoms with van der Waals surface area (Å²) in [5.41, 5.74) is 2.49. The molecule has 0 aliphatic carbocycles. The Morgan fingerprint density at radius 3 is 2.65 bits per heavy atom. The molecule has 8 nitrogen and oxygen atoms in total. The number of rotatable bonds is 7. The van der Waals surface area contributed by atoms with E-state index in [2.05, 4.69) is 15.0 Å². The number of sulfonamides is 1. The van der Waals surface area contributed by atoms with Crippen LogP contribution in [0, 0.1) is 11.8 Å². The quantitative estimate of drug-likeness (QED) is 0.600. The summed E-state index contributed by atoms with van der Waals surface area (Å²) in [4.78, 5) is 43.2. The van der Waals surface area contributed by atoms with E-state index in [0.29, 0.717) is 13.0 Å². The van der Waals surface area contributed by atoms with Crippen LogP contribution in [0.4, 0.5) is 0 Å². The lowest BCUT2D eigenvalue weighted by atomic mass is 9.88. The number of hydrogen-bond acceptors (Lipinski definition) is 7. The van der Waals surface area contributed by atoms with Crippen molar-refractivity contribution in [3.05, 3.63) is 46.4 Å². The van der Waals surface area contributed by atoms with Crippen LogP contribution >= 0.6 is 11.3 Å². The highest BCUT2D eigenvalue weighted by atomic mass is 32.2. The van der Waals surface area contributed by atoms with Gasteiger partial charge in [-0.15, -0.1) is 11.3 Å². The van der Waals surface area contributed by atoms with Crippen molar-refractivity contribution in [2.45, 2.75) is 44.0 Å². The van der Waals surface area contributed by atoms with Gasteiger partial charge in [-0.25, -0.2) is 18.1 Å². The third-order valence-electron chi connectivity index (χ3n) is 5.20. The number of nitrogens with zero attached hydrogens (tertiary/aromatic N) is 1. The van der Waals surface area contributed by atoms with Crippen LogP contribution < -0.4 is 10.0 Å². The highest BCUT2D eigenvalue weighted by Gasteiger charge is 2.34. The average molecular weight is 464 g/mol. The number of carbonyl (C=O) groups is 3. The van der Waals surface area contributed by atoms with Gasteiger partial charge in [-0.2, -0.15) is 0 Å². The van der Waals surface area contributed by atoms with Gasteiger partial charge < -0.3 is 5.32 Å². The number of thiazole rings is 1. The van der Waals surface area contributed by atoms with Crippen molar-refractivity contribution < 1.29 is 22.8 Å². The maximum Gasteiger partial charge on any atom is 0.287 e. The Kier molecular flexibility index (Phi) is 7.34. The predicted octanol–water partition coefficient (Wildman–Crippen LogP) is 1.51. The van der Waals surface area contributed by atoms with Crippen molar-refractivity contribution in [2.24, 2.45) is 11.8 Å². The van der Waals surface area contributed by atoms with Crippen LogP contribution in [0.25, 0.3) is 0 Å². The second-order valence-electron chi connectivity index (χ2n) is 7.82. The Morgan fingerprint density at radius 1 is 1.26 bits per heavy atom. The Balaban J connectivity index is 1.82. The molecule has 2 atom stereocenters. The predicted molar refractivity (Wildman–Crippen MR) is 116 cm³/mol. The SMILES string of the molecule is CC(C)C(NS(=O)(=O)c1ccccc1)C(=O)CC1Cc2scnc2CCNC(=O)C1=O. The summed E-state index contributed by atoms with van der Waals surface area (Å²) < 4.78 is 27.9. The number of hydrogen-bond donors (Lipinski definition) is 2. The van der Waals surface area contributed by atoms with Crippen molar-refractivity contribution in [3.8, 4) is 0 Å². The van der Waals surface area contributed by atoms with Gasteiger partial charge in [-0.05, 0) is 24.5 Å². The maximum absolute atomic E-state index is 13.1. The van der Waals surface area contributed by atoms with E-state index in [1.807, 2.05) is 0 Å². The van der Waals surface area contributed by atoms with E-state index < -0.39 is 39.5 Å². The fraction of sp³-hybridized carbons (Fsp3) is 0.429. The number of ketones is 2. The van der Waals surface area contributed by atoms with Crippen molar-refractivity contribution >= 4 is 38.8 Å². The normalized spacial score (nSPS) is 18.5. The molecule has 0 saturated heterocycles. The minimum Gasteiger partial charge on any atom is -0.349 e. The first-order valence-corrected chi connectivity index (χ1v) is 12.4. The van der Waals surface area contributed by atoms with Gasteiger partial charge in [-0.1, -0.05) is 32.0 Å².